The van der Waals surface area contributed by atoms with Gasteiger partial charge in [-0.05, 0) is 30.2 Å². The molecule has 1 N–H and O–H groups in total. The number of ether oxygens (including phenoxy) is 2. The molecule has 5 heteroatoms. The molecule has 0 saturated heterocycles. The number of amides is 1. The Hall–Kier alpha value is -3.26. The Bertz CT molecular complexity index is 835. The minimum absolute atomic E-state index is 0.0171. The van der Waals surface area contributed by atoms with Crippen LogP contribution in [-0.4, -0.2) is 19.6 Å². The first-order chi connectivity index (χ1) is 12.5. The largest absolute Gasteiger partial charge is 0.495 e. The summed E-state index contributed by atoms with van der Waals surface area (Å²) in [6.45, 7) is 4.67. The Labute approximate surface area is 153 Å². The third kappa shape index (κ3) is 5.12. The van der Waals surface area contributed by atoms with Gasteiger partial charge in [0, 0.05) is 5.56 Å². The quantitative estimate of drug-likeness (QED) is 0.598. The summed E-state index contributed by atoms with van der Waals surface area (Å²) in [7, 11) is 1.52. The molecule has 2 rings (SSSR count). The lowest BCUT2D eigenvalue weighted by atomic mass is 10.1. The SMILES string of the molecule is COc1ccccc1NC(=O)/C(C#N)=C/c1ccccc1OCC(C)C. The molecule has 2 aromatic carbocycles. The van der Waals surface area contributed by atoms with E-state index in [0.717, 1.165) is 0 Å². The van der Waals surface area contributed by atoms with Gasteiger partial charge < -0.3 is 14.8 Å². The van der Waals surface area contributed by atoms with Gasteiger partial charge in [0.25, 0.3) is 5.91 Å². The van der Waals surface area contributed by atoms with E-state index in [4.69, 9.17) is 9.47 Å². The second-order valence-corrected chi connectivity index (χ2v) is 6.07. The van der Waals surface area contributed by atoms with E-state index in [-0.39, 0.29) is 5.57 Å². The average molecular weight is 350 g/mol. The van der Waals surface area contributed by atoms with Gasteiger partial charge in [-0.15, -0.1) is 0 Å². The molecule has 0 fully saturated rings. The summed E-state index contributed by atoms with van der Waals surface area (Å²) in [5.41, 5.74) is 1.17. The first kappa shape index (κ1) is 19.1. The molecule has 0 aromatic heterocycles. The van der Waals surface area contributed by atoms with Gasteiger partial charge in [0.2, 0.25) is 0 Å². The lowest BCUT2D eigenvalue weighted by Gasteiger charge is -2.12. The van der Waals surface area contributed by atoms with E-state index >= 15 is 0 Å². The highest BCUT2D eigenvalue weighted by molar-refractivity contribution is 6.10. The predicted molar refractivity (Wildman–Crippen MR) is 102 cm³/mol. The predicted octanol–water partition coefficient (Wildman–Crippen LogP) is 4.28. The summed E-state index contributed by atoms with van der Waals surface area (Å²) >= 11 is 0. The van der Waals surface area contributed by atoms with E-state index in [9.17, 15) is 10.1 Å². The minimum atomic E-state index is -0.504. The molecule has 26 heavy (non-hydrogen) atoms. The van der Waals surface area contributed by atoms with Gasteiger partial charge in [-0.25, -0.2) is 0 Å². The van der Waals surface area contributed by atoms with E-state index < -0.39 is 5.91 Å². The van der Waals surface area contributed by atoms with Crippen LogP contribution in [0.3, 0.4) is 0 Å². The molecule has 0 heterocycles. The van der Waals surface area contributed by atoms with E-state index in [2.05, 4.69) is 19.2 Å². The van der Waals surface area contributed by atoms with Crippen LogP contribution in [0.5, 0.6) is 11.5 Å². The fourth-order valence-electron chi connectivity index (χ4n) is 2.23. The average Bonchev–Trinajstić information content (AvgIpc) is 2.65. The lowest BCUT2D eigenvalue weighted by molar-refractivity contribution is -0.112. The maximum atomic E-state index is 12.5. The fourth-order valence-corrected chi connectivity index (χ4v) is 2.23. The van der Waals surface area contributed by atoms with Crippen LogP contribution in [-0.2, 0) is 4.79 Å². The highest BCUT2D eigenvalue weighted by Gasteiger charge is 2.13. The monoisotopic (exact) mass is 350 g/mol. The number of carbonyl (C=O) groups is 1. The van der Waals surface area contributed by atoms with Crippen LogP contribution in [0.25, 0.3) is 6.08 Å². The summed E-state index contributed by atoms with van der Waals surface area (Å²) < 4.78 is 11.0. The van der Waals surface area contributed by atoms with Gasteiger partial charge in [0.05, 0.1) is 19.4 Å². The number of rotatable bonds is 7. The number of nitrogens with one attached hydrogen (secondary N) is 1. The maximum absolute atomic E-state index is 12.5. The van der Waals surface area contributed by atoms with E-state index in [1.165, 1.54) is 13.2 Å². The topological polar surface area (TPSA) is 71.3 Å². The summed E-state index contributed by atoms with van der Waals surface area (Å²) in [5, 5.41) is 12.1. The Balaban J connectivity index is 2.25. The van der Waals surface area contributed by atoms with Gasteiger partial charge in [-0.3, -0.25) is 4.79 Å². The molecule has 0 aliphatic rings. The number of hydrogen-bond donors (Lipinski definition) is 1. The van der Waals surface area contributed by atoms with Crippen molar-refractivity contribution in [2.24, 2.45) is 5.92 Å². The van der Waals surface area contributed by atoms with E-state index in [0.29, 0.717) is 35.3 Å². The summed E-state index contributed by atoms with van der Waals surface area (Å²) in [4.78, 5) is 12.5. The number of carbonyl (C=O) groups excluding carboxylic acids is 1. The molecule has 0 bridgehead atoms. The molecule has 0 aliphatic carbocycles. The highest BCUT2D eigenvalue weighted by atomic mass is 16.5. The van der Waals surface area contributed by atoms with Crippen LogP contribution < -0.4 is 14.8 Å². The number of benzene rings is 2. The number of para-hydroxylation sites is 3. The van der Waals surface area contributed by atoms with Crippen molar-refractivity contribution in [1.82, 2.24) is 0 Å². The van der Waals surface area contributed by atoms with Crippen molar-refractivity contribution >= 4 is 17.7 Å². The molecule has 0 radical (unpaired) electrons. The van der Waals surface area contributed by atoms with Crippen molar-refractivity contribution in [3.8, 4) is 17.6 Å². The zero-order valence-corrected chi connectivity index (χ0v) is 15.2. The van der Waals surface area contributed by atoms with Crippen LogP contribution in [0.4, 0.5) is 5.69 Å². The summed E-state index contributed by atoms with van der Waals surface area (Å²) in [6, 6.07) is 16.3. The maximum Gasteiger partial charge on any atom is 0.266 e. The van der Waals surface area contributed by atoms with E-state index in [1.54, 1.807) is 24.3 Å². The van der Waals surface area contributed by atoms with Gasteiger partial charge >= 0.3 is 0 Å². The van der Waals surface area contributed by atoms with Crippen molar-refractivity contribution in [3.05, 3.63) is 59.7 Å². The van der Waals surface area contributed by atoms with Crippen LogP contribution in [0.1, 0.15) is 19.4 Å². The Morgan fingerprint density at radius 2 is 1.81 bits per heavy atom. The summed E-state index contributed by atoms with van der Waals surface area (Å²) in [6.07, 6.45) is 1.53. The van der Waals surface area contributed by atoms with Crippen molar-refractivity contribution in [2.75, 3.05) is 19.0 Å². The van der Waals surface area contributed by atoms with Crippen LogP contribution >= 0.6 is 0 Å². The van der Waals surface area contributed by atoms with Gasteiger partial charge in [-0.2, -0.15) is 5.26 Å². The molecule has 0 aliphatic heterocycles. The van der Waals surface area contributed by atoms with Crippen molar-refractivity contribution in [2.45, 2.75) is 13.8 Å². The third-order valence-corrected chi connectivity index (χ3v) is 3.51. The minimum Gasteiger partial charge on any atom is -0.495 e. The number of hydrogen-bond acceptors (Lipinski definition) is 4. The van der Waals surface area contributed by atoms with Gasteiger partial charge in [0.15, 0.2) is 0 Å². The normalized spacial score (nSPS) is 11.0. The van der Waals surface area contributed by atoms with Crippen LogP contribution in [0.15, 0.2) is 54.1 Å². The molecular formula is C21H22N2O3. The molecule has 2 aromatic rings. The molecule has 1 amide bonds. The smallest absolute Gasteiger partial charge is 0.266 e. The van der Waals surface area contributed by atoms with Gasteiger partial charge in [0.1, 0.15) is 23.1 Å². The van der Waals surface area contributed by atoms with Crippen LogP contribution in [0, 0.1) is 17.2 Å². The molecule has 0 spiro atoms. The standard InChI is InChI=1S/C21H22N2O3/c1-15(2)14-26-19-10-6-4-8-16(19)12-17(13-22)21(24)23-18-9-5-7-11-20(18)25-3/h4-12,15H,14H2,1-3H3,(H,23,24)/b17-12+. The molecule has 0 saturated carbocycles. The van der Waals surface area contributed by atoms with E-state index in [1.807, 2.05) is 30.3 Å². The van der Waals surface area contributed by atoms with Crippen molar-refractivity contribution in [3.63, 3.8) is 0 Å². The zero-order chi connectivity index (χ0) is 18.9. The van der Waals surface area contributed by atoms with Gasteiger partial charge in [-0.1, -0.05) is 44.2 Å². The first-order valence-electron chi connectivity index (χ1n) is 8.33. The number of anilines is 1. The molecular weight excluding hydrogens is 328 g/mol. The van der Waals surface area contributed by atoms with Crippen LogP contribution in [0.2, 0.25) is 0 Å². The third-order valence-electron chi connectivity index (χ3n) is 3.51. The number of methoxy groups -OCH3 is 1. The number of nitrogens with zero attached hydrogens (tertiary/aromatic N) is 1. The zero-order valence-electron chi connectivity index (χ0n) is 15.2. The molecule has 0 unspecified atom stereocenters. The second kappa shape index (κ2) is 9.28. The fraction of sp³-hybridized carbons (Fsp3) is 0.238. The van der Waals surface area contributed by atoms with Crippen molar-refractivity contribution in [1.29, 1.82) is 5.26 Å². The molecule has 0 atom stereocenters. The van der Waals surface area contributed by atoms with Crippen molar-refractivity contribution < 1.29 is 14.3 Å². The molecule has 5 nitrogen and oxygen atoms in total. The lowest BCUT2D eigenvalue weighted by Crippen LogP contribution is -2.14. The Morgan fingerprint density at radius 3 is 2.46 bits per heavy atom. The Kier molecular flexibility index (Phi) is 6.81. The Morgan fingerprint density at radius 1 is 1.15 bits per heavy atom. The molecule has 134 valence electrons. The summed E-state index contributed by atoms with van der Waals surface area (Å²) in [5.74, 6) is 1.03. The number of nitriles is 1. The highest BCUT2D eigenvalue weighted by Crippen LogP contribution is 2.25. The second-order valence-electron chi connectivity index (χ2n) is 6.07. The first-order valence-corrected chi connectivity index (χ1v) is 8.33.